The van der Waals surface area contributed by atoms with Crippen molar-refractivity contribution < 1.29 is 14.3 Å². The molecular formula is C11H19N3O3. The summed E-state index contributed by atoms with van der Waals surface area (Å²) in [6.45, 7) is 4.35. The van der Waals surface area contributed by atoms with Crippen molar-refractivity contribution in [2.75, 3.05) is 45.9 Å². The van der Waals surface area contributed by atoms with Crippen LogP contribution in [0.25, 0.3) is 0 Å². The van der Waals surface area contributed by atoms with Crippen LogP contribution in [-0.2, 0) is 14.3 Å². The molecule has 0 aliphatic carbocycles. The van der Waals surface area contributed by atoms with E-state index in [0.717, 1.165) is 19.5 Å². The minimum Gasteiger partial charge on any atom is -0.381 e. The molecule has 0 saturated carbocycles. The van der Waals surface area contributed by atoms with Gasteiger partial charge in [0.25, 0.3) is 0 Å². The fourth-order valence-electron chi connectivity index (χ4n) is 2.33. The average molecular weight is 241 g/mol. The molecule has 2 amide bonds. The molecule has 2 saturated heterocycles. The van der Waals surface area contributed by atoms with Crippen molar-refractivity contribution in [1.82, 2.24) is 9.80 Å². The number of carbonyl (C=O) groups excluding carboxylic acids is 2. The van der Waals surface area contributed by atoms with Crippen LogP contribution in [0, 0.1) is 5.92 Å². The molecule has 2 heterocycles. The topological polar surface area (TPSA) is 75.9 Å². The number of amides is 2. The molecule has 2 aliphatic rings. The van der Waals surface area contributed by atoms with E-state index in [1.165, 1.54) is 0 Å². The maximum absolute atomic E-state index is 12.1. The lowest BCUT2D eigenvalue weighted by Crippen LogP contribution is -2.52. The van der Waals surface area contributed by atoms with Gasteiger partial charge in [0, 0.05) is 32.8 Å². The highest BCUT2D eigenvalue weighted by atomic mass is 16.5. The summed E-state index contributed by atoms with van der Waals surface area (Å²) in [5.41, 5.74) is 5.14. The van der Waals surface area contributed by atoms with Gasteiger partial charge in [0.1, 0.15) is 0 Å². The van der Waals surface area contributed by atoms with Crippen molar-refractivity contribution in [3.05, 3.63) is 0 Å². The molecule has 2 rings (SSSR count). The number of piperazine rings is 1. The zero-order valence-corrected chi connectivity index (χ0v) is 9.93. The van der Waals surface area contributed by atoms with Crippen LogP contribution in [0.15, 0.2) is 0 Å². The van der Waals surface area contributed by atoms with Gasteiger partial charge in [0.2, 0.25) is 11.8 Å². The van der Waals surface area contributed by atoms with E-state index in [4.69, 9.17) is 10.5 Å². The maximum atomic E-state index is 12.1. The van der Waals surface area contributed by atoms with Gasteiger partial charge in [-0.1, -0.05) is 0 Å². The summed E-state index contributed by atoms with van der Waals surface area (Å²) >= 11 is 0. The first-order valence-corrected chi connectivity index (χ1v) is 6.04. The van der Waals surface area contributed by atoms with E-state index in [0.29, 0.717) is 26.3 Å². The number of nitrogens with zero attached hydrogens (tertiary/aromatic N) is 2. The van der Waals surface area contributed by atoms with Crippen LogP contribution in [0.2, 0.25) is 0 Å². The van der Waals surface area contributed by atoms with Gasteiger partial charge in [-0.3, -0.25) is 14.5 Å². The monoisotopic (exact) mass is 241 g/mol. The molecule has 0 aromatic rings. The third-order valence-electron chi connectivity index (χ3n) is 3.34. The molecule has 0 aromatic heterocycles. The summed E-state index contributed by atoms with van der Waals surface area (Å²) in [5.74, 6) is -0.0760. The Balaban J connectivity index is 1.78. The minimum absolute atomic E-state index is 0.0395. The van der Waals surface area contributed by atoms with Gasteiger partial charge in [-0.15, -0.1) is 0 Å². The van der Waals surface area contributed by atoms with E-state index in [1.54, 1.807) is 0 Å². The van der Waals surface area contributed by atoms with Crippen molar-refractivity contribution in [3.8, 4) is 0 Å². The zero-order chi connectivity index (χ0) is 12.3. The van der Waals surface area contributed by atoms with Crippen molar-refractivity contribution in [2.24, 2.45) is 11.7 Å². The molecule has 0 spiro atoms. The highest BCUT2D eigenvalue weighted by molar-refractivity contribution is 5.79. The van der Waals surface area contributed by atoms with Crippen molar-refractivity contribution >= 4 is 11.8 Å². The normalized spacial score (nSPS) is 26.1. The summed E-state index contributed by atoms with van der Waals surface area (Å²) in [7, 11) is 0. The second-order valence-corrected chi connectivity index (χ2v) is 4.63. The van der Waals surface area contributed by atoms with Crippen LogP contribution in [0.4, 0.5) is 0 Å². The number of carbonyl (C=O) groups is 2. The van der Waals surface area contributed by atoms with Gasteiger partial charge in [0.15, 0.2) is 0 Å². The van der Waals surface area contributed by atoms with E-state index < -0.39 is 0 Å². The van der Waals surface area contributed by atoms with Crippen LogP contribution in [0.1, 0.15) is 6.42 Å². The summed E-state index contributed by atoms with van der Waals surface area (Å²) in [6, 6.07) is 0. The molecule has 6 heteroatoms. The molecule has 17 heavy (non-hydrogen) atoms. The third-order valence-corrected chi connectivity index (χ3v) is 3.34. The first kappa shape index (κ1) is 12.3. The van der Waals surface area contributed by atoms with E-state index >= 15 is 0 Å². The van der Waals surface area contributed by atoms with Crippen LogP contribution in [-0.4, -0.2) is 67.6 Å². The lowest BCUT2D eigenvalue weighted by atomic mass is 10.1. The smallest absolute Gasteiger partial charge is 0.231 e. The number of nitrogens with two attached hydrogens (primary N) is 1. The van der Waals surface area contributed by atoms with E-state index in [-0.39, 0.29) is 24.3 Å². The number of ether oxygens (including phenoxy) is 1. The van der Waals surface area contributed by atoms with Gasteiger partial charge in [0.05, 0.1) is 19.1 Å². The number of hydrogen-bond donors (Lipinski definition) is 1. The van der Waals surface area contributed by atoms with Gasteiger partial charge < -0.3 is 15.4 Å². The Labute approximate surface area is 101 Å². The first-order valence-electron chi connectivity index (χ1n) is 6.04. The maximum Gasteiger partial charge on any atom is 0.231 e. The first-order chi connectivity index (χ1) is 8.16. The number of rotatable bonds is 3. The second-order valence-electron chi connectivity index (χ2n) is 4.63. The fraction of sp³-hybridized carbons (Fsp3) is 0.818. The molecule has 6 nitrogen and oxygen atoms in total. The van der Waals surface area contributed by atoms with E-state index in [1.807, 2.05) is 9.80 Å². The van der Waals surface area contributed by atoms with Crippen LogP contribution in [0.5, 0.6) is 0 Å². The average Bonchev–Trinajstić information content (AvgIpc) is 2.82. The Bertz CT molecular complexity index is 294. The highest BCUT2D eigenvalue weighted by Gasteiger charge is 2.30. The molecule has 96 valence electrons. The lowest BCUT2D eigenvalue weighted by molar-refractivity contribution is -0.137. The Morgan fingerprint density at radius 1 is 1.24 bits per heavy atom. The van der Waals surface area contributed by atoms with E-state index in [9.17, 15) is 9.59 Å². The lowest BCUT2D eigenvalue weighted by Gasteiger charge is -2.35. The molecule has 1 unspecified atom stereocenters. The molecule has 2 N–H and O–H groups in total. The molecule has 0 bridgehead atoms. The Morgan fingerprint density at radius 2 is 1.94 bits per heavy atom. The van der Waals surface area contributed by atoms with Crippen LogP contribution in [0.3, 0.4) is 0 Å². The summed E-state index contributed by atoms with van der Waals surface area (Å²) < 4.78 is 5.22. The van der Waals surface area contributed by atoms with Gasteiger partial charge in [-0.2, -0.15) is 0 Å². The molecule has 0 radical (unpaired) electrons. The Morgan fingerprint density at radius 3 is 2.47 bits per heavy atom. The van der Waals surface area contributed by atoms with Gasteiger partial charge in [-0.05, 0) is 6.42 Å². The fourth-order valence-corrected chi connectivity index (χ4v) is 2.33. The number of primary amides is 1. The Kier molecular flexibility index (Phi) is 3.96. The molecule has 1 atom stereocenters. The SMILES string of the molecule is NC(=O)CN1CCN(C(=O)C2CCOC2)CC1. The van der Waals surface area contributed by atoms with Crippen LogP contribution >= 0.6 is 0 Å². The summed E-state index contributed by atoms with van der Waals surface area (Å²) in [4.78, 5) is 26.7. The zero-order valence-electron chi connectivity index (χ0n) is 9.93. The number of hydrogen-bond acceptors (Lipinski definition) is 4. The minimum atomic E-state index is -0.311. The van der Waals surface area contributed by atoms with E-state index in [2.05, 4.69) is 0 Å². The predicted octanol–water partition coefficient (Wildman–Crippen LogP) is -1.35. The molecule has 2 aliphatic heterocycles. The van der Waals surface area contributed by atoms with Crippen molar-refractivity contribution in [1.29, 1.82) is 0 Å². The van der Waals surface area contributed by atoms with Crippen molar-refractivity contribution in [3.63, 3.8) is 0 Å². The highest BCUT2D eigenvalue weighted by Crippen LogP contribution is 2.16. The summed E-state index contributed by atoms with van der Waals surface area (Å²) in [5, 5.41) is 0. The third kappa shape index (κ3) is 3.17. The predicted molar refractivity (Wildman–Crippen MR) is 61.1 cm³/mol. The largest absolute Gasteiger partial charge is 0.381 e. The quantitative estimate of drug-likeness (QED) is 0.663. The van der Waals surface area contributed by atoms with Crippen molar-refractivity contribution in [2.45, 2.75) is 6.42 Å². The molecule has 2 fully saturated rings. The van der Waals surface area contributed by atoms with Gasteiger partial charge in [-0.25, -0.2) is 0 Å². The molecule has 0 aromatic carbocycles. The standard InChI is InChI=1S/C11H19N3O3/c12-10(15)7-13-2-4-14(5-3-13)11(16)9-1-6-17-8-9/h9H,1-8H2,(H2,12,15). The summed E-state index contributed by atoms with van der Waals surface area (Å²) in [6.07, 6.45) is 0.834. The van der Waals surface area contributed by atoms with Gasteiger partial charge >= 0.3 is 0 Å². The Hall–Kier alpha value is -1.14. The molecular weight excluding hydrogens is 222 g/mol. The second kappa shape index (κ2) is 5.46. The van der Waals surface area contributed by atoms with Crippen LogP contribution < -0.4 is 5.73 Å².